The van der Waals surface area contributed by atoms with E-state index in [0.29, 0.717) is 37.8 Å². The topological polar surface area (TPSA) is 166 Å². The summed E-state index contributed by atoms with van der Waals surface area (Å²) in [7, 11) is 6.08. The van der Waals surface area contributed by atoms with Crippen molar-refractivity contribution in [2.24, 2.45) is 5.92 Å². The van der Waals surface area contributed by atoms with Gasteiger partial charge in [-0.25, -0.2) is 4.89 Å². The molecule has 5 fully saturated rings. The molecule has 0 amide bonds. The SMILES string of the molecule is CC1(C)CC(OCOCCCCCCC(OO)C2CC(C)(C)NC(C)(C)C2)CC(C)(C)N1.CCCC.CN1C(C)(C)CC(OCOC(Cc2cc(C(C)(C)C)c(O)c(C(C)(C)C)c2)OCOC2CC(C)(C)N(C)C(C)(C)C2)CC1(C)C.COCOC1CC(C)(C)NC(C)(C)C1. The summed E-state index contributed by atoms with van der Waals surface area (Å²) in [6.45, 7) is 64.1. The number of phenolic OH excluding ortho intramolecular Hbond substituents is 1. The van der Waals surface area contributed by atoms with Gasteiger partial charge >= 0.3 is 0 Å². The lowest BCUT2D eigenvalue weighted by atomic mass is 9.73. The molecule has 95 heavy (non-hydrogen) atoms. The molecular formula is C79H153N5O11. The van der Waals surface area contributed by atoms with Crippen molar-refractivity contribution in [3.63, 3.8) is 0 Å². The van der Waals surface area contributed by atoms with Crippen LogP contribution in [-0.4, -0.2) is 167 Å². The monoisotopic (exact) mass is 1350 g/mol. The summed E-state index contributed by atoms with van der Waals surface area (Å²) in [4.78, 5) is 9.87. The summed E-state index contributed by atoms with van der Waals surface area (Å²) >= 11 is 0. The quantitative estimate of drug-likeness (QED) is 0.0257. The van der Waals surface area contributed by atoms with Crippen LogP contribution >= 0.6 is 0 Å². The first kappa shape index (κ1) is 87.6. The van der Waals surface area contributed by atoms with Gasteiger partial charge in [0.2, 0.25) is 0 Å². The lowest BCUT2D eigenvalue weighted by Crippen LogP contribution is -2.60. The van der Waals surface area contributed by atoms with E-state index >= 15 is 0 Å². The summed E-state index contributed by atoms with van der Waals surface area (Å²) in [5.74, 6) is 0.764. The van der Waals surface area contributed by atoms with E-state index < -0.39 is 6.29 Å². The molecule has 16 heteroatoms. The number of benzene rings is 1. The maximum Gasteiger partial charge on any atom is 0.167 e. The van der Waals surface area contributed by atoms with Gasteiger partial charge in [0.25, 0.3) is 0 Å². The highest BCUT2D eigenvalue weighted by atomic mass is 17.1. The highest BCUT2D eigenvalue weighted by molar-refractivity contribution is 5.50. The molecule has 1 aromatic rings. The molecule has 5 aliphatic heterocycles. The first-order valence-electron chi connectivity index (χ1n) is 37.0. The number of rotatable bonds is 26. The Morgan fingerprint density at radius 2 is 0.800 bits per heavy atom. The van der Waals surface area contributed by atoms with Crippen molar-refractivity contribution in [2.45, 2.75) is 412 Å². The highest BCUT2D eigenvalue weighted by Crippen LogP contribution is 2.43. The molecule has 0 saturated carbocycles. The van der Waals surface area contributed by atoms with E-state index in [-0.39, 0.29) is 104 Å². The number of unbranched alkanes of at least 4 members (excludes halogenated alkanes) is 4. The van der Waals surface area contributed by atoms with E-state index in [2.05, 4.69) is 246 Å². The number of hydrogen-bond acceptors (Lipinski definition) is 16. The Bertz CT molecular complexity index is 2200. The molecule has 6 rings (SSSR count). The number of likely N-dealkylation sites (tertiary alicyclic amines) is 2. The summed E-state index contributed by atoms with van der Waals surface area (Å²) in [6.07, 6.45) is 18.5. The van der Waals surface area contributed by atoms with Crippen LogP contribution in [0.4, 0.5) is 0 Å². The van der Waals surface area contributed by atoms with Crippen molar-refractivity contribution in [1.82, 2.24) is 25.8 Å². The maximum absolute atomic E-state index is 11.3. The highest BCUT2D eigenvalue weighted by Gasteiger charge is 2.46. The fraction of sp³-hybridized carbons (Fsp3) is 0.924. The molecular weight excluding hydrogens is 1190 g/mol. The Hall–Kier alpha value is -1.58. The minimum Gasteiger partial charge on any atom is -0.507 e. The second-order valence-electron chi connectivity index (χ2n) is 38.0. The smallest absolute Gasteiger partial charge is 0.167 e. The molecule has 0 aromatic heterocycles. The van der Waals surface area contributed by atoms with Crippen LogP contribution in [0, 0.1) is 5.92 Å². The maximum atomic E-state index is 11.3. The molecule has 5 N–H and O–H groups in total. The van der Waals surface area contributed by atoms with E-state index in [4.69, 9.17) is 42.8 Å². The van der Waals surface area contributed by atoms with Crippen LogP contribution in [0.25, 0.3) is 0 Å². The average Bonchev–Trinajstić information content (AvgIpc) is 0.802. The van der Waals surface area contributed by atoms with Gasteiger partial charge in [0.05, 0.1) is 30.5 Å². The number of nitrogens with one attached hydrogen (secondary N) is 3. The zero-order chi connectivity index (χ0) is 72.7. The molecule has 16 nitrogen and oxygen atoms in total. The Morgan fingerprint density at radius 3 is 1.14 bits per heavy atom. The van der Waals surface area contributed by atoms with Crippen molar-refractivity contribution in [1.29, 1.82) is 0 Å². The van der Waals surface area contributed by atoms with Crippen LogP contribution in [0.15, 0.2) is 12.1 Å². The first-order chi connectivity index (χ1) is 43.2. The van der Waals surface area contributed by atoms with Crippen LogP contribution in [0.2, 0.25) is 0 Å². The van der Waals surface area contributed by atoms with Gasteiger partial charge in [0, 0.05) is 75.5 Å². The molecule has 1 aromatic carbocycles. The second kappa shape index (κ2) is 36.0. The number of phenols is 1. The molecule has 0 spiro atoms. The molecule has 1 atom stereocenters. The van der Waals surface area contributed by atoms with Crippen molar-refractivity contribution in [3.8, 4) is 5.75 Å². The Labute approximate surface area is 584 Å². The molecule has 0 bridgehead atoms. The summed E-state index contributed by atoms with van der Waals surface area (Å²) in [6, 6.07) is 4.21. The Kier molecular flexibility index (Phi) is 33.2. The number of nitrogens with zero attached hydrogens (tertiary/aromatic N) is 2. The lowest BCUT2D eigenvalue weighted by Gasteiger charge is -2.53. The van der Waals surface area contributed by atoms with E-state index in [1.54, 1.807) is 7.11 Å². The summed E-state index contributed by atoms with van der Waals surface area (Å²) in [5, 5.41) is 31.8. The normalized spacial score (nSPS) is 24.0. The third-order valence-corrected chi connectivity index (χ3v) is 20.9. The Balaban J connectivity index is 0.000000405. The molecule has 1 unspecified atom stereocenters. The molecule has 0 radical (unpaired) electrons. The summed E-state index contributed by atoms with van der Waals surface area (Å²) in [5.41, 5.74) is 3.27. The van der Waals surface area contributed by atoms with Gasteiger partial charge in [-0.05, 0) is 263 Å². The number of piperidine rings is 5. The predicted octanol–water partition coefficient (Wildman–Crippen LogP) is 17.5. The fourth-order valence-corrected chi connectivity index (χ4v) is 16.5. The van der Waals surface area contributed by atoms with Crippen molar-refractivity contribution in [3.05, 3.63) is 28.8 Å². The average molecular weight is 1350 g/mol. The third kappa shape index (κ3) is 30.5. The van der Waals surface area contributed by atoms with Gasteiger partial charge in [-0.3, -0.25) is 15.1 Å². The van der Waals surface area contributed by atoms with Gasteiger partial charge < -0.3 is 59.0 Å². The van der Waals surface area contributed by atoms with Crippen LogP contribution < -0.4 is 16.0 Å². The van der Waals surface area contributed by atoms with E-state index in [1.807, 2.05) is 0 Å². The minimum atomic E-state index is -0.560. The lowest BCUT2D eigenvalue weighted by molar-refractivity contribution is -0.295. The zero-order valence-electron chi connectivity index (χ0n) is 67.4. The molecule has 0 aliphatic carbocycles. The van der Waals surface area contributed by atoms with E-state index in [0.717, 1.165) is 120 Å². The zero-order valence-corrected chi connectivity index (χ0v) is 67.4. The van der Waals surface area contributed by atoms with Gasteiger partial charge in [-0.1, -0.05) is 99.6 Å². The van der Waals surface area contributed by atoms with Crippen LogP contribution in [-0.2, 0) is 60.0 Å². The molecule has 5 aliphatic rings. The number of ether oxygens (including phenoxy) is 8. The molecule has 5 saturated heterocycles. The van der Waals surface area contributed by atoms with Crippen LogP contribution in [0.5, 0.6) is 5.75 Å². The minimum absolute atomic E-state index is 0.0323. The van der Waals surface area contributed by atoms with Crippen molar-refractivity contribution in [2.75, 3.05) is 55.0 Å². The van der Waals surface area contributed by atoms with Crippen molar-refractivity contribution < 1.29 is 53.1 Å². The standard InChI is InChI=1S/C38H68N2O5.C26H52N2O4.C11H23NO2.C4H10/c1-33(2,3)29-17-26(18-30(32(29)41)34(4,5)6)19-31(44-24-42-27-20-35(7,8)39(15)36(9,10)21-27)45-25-43-28-22-37(11,12)40(16)38(13,14)23-28;1-23(2)15-20(16-24(3,4)27-23)22(32-29)13-11-9-10-12-14-30-19-31-21-17-25(5,6)28-26(7,8)18-21;1-10(2)6-9(14-8-13-5)7-11(3,4)12-10;1-3-4-2/h17-18,27-28,31,41H,19-25H2,1-16H3;20-22,27-29H,9-19H2,1-8H3;9,12H,6-8H2,1-5H3;3-4H2,1-2H3. The van der Waals surface area contributed by atoms with Gasteiger partial charge in [-0.2, -0.15) is 0 Å². The van der Waals surface area contributed by atoms with Crippen LogP contribution in [0.1, 0.15) is 320 Å². The number of hydrogen-bond donors (Lipinski definition) is 5. The number of aromatic hydroxyl groups is 1. The van der Waals surface area contributed by atoms with E-state index in [1.165, 1.54) is 12.8 Å². The fourth-order valence-electron chi connectivity index (χ4n) is 16.5. The van der Waals surface area contributed by atoms with Gasteiger partial charge in [0.1, 0.15) is 32.9 Å². The molecule has 5 heterocycles. The largest absolute Gasteiger partial charge is 0.507 e. The Morgan fingerprint density at radius 1 is 0.474 bits per heavy atom. The van der Waals surface area contributed by atoms with E-state index in [9.17, 15) is 10.4 Å². The van der Waals surface area contributed by atoms with Crippen LogP contribution in [0.3, 0.4) is 0 Å². The summed E-state index contributed by atoms with van der Waals surface area (Å²) < 4.78 is 47.9. The third-order valence-electron chi connectivity index (χ3n) is 20.9. The van der Waals surface area contributed by atoms with Gasteiger partial charge in [0.15, 0.2) is 6.29 Å². The predicted molar refractivity (Wildman–Crippen MR) is 394 cm³/mol. The number of methoxy groups -OCH3 is 1. The van der Waals surface area contributed by atoms with Crippen molar-refractivity contribution >= 4 is 0 Å². The first-order valence-corrected chi connectivity index (χ1v) is 37.0. The molecule has 560 valence electrons. The second-order valence-corrected chi connectivity index (χ2v) is 38.0. The van der Waals surface area contributed by atoms with Gasteiger partial charge in [-0.15, -0.1) is 0 Å².